The predicted molar refractivity (Wildman–Crippen MR) is 137 cm³/mol. The molecule has 8 nitrogen and oxygen atoms in total. The monoisotopic (exact) mass is 524 g/mol. The van der Waals surface area contributed by atoms with Crippen molar-refractivity contribution in [2.75, 3.05) is 39.3 Å². The molecular formula is C26H28N4O4S2. The molecule has 0 spiro atoms. The van der Waals surface area contributed by atoms with Gasteiger partial charge in [0.05, 0.1) is 22.2 Å². The number of hydrogen-bond acceptors (Lipinski definition) is 8. The average Bonchev–Trinajstić information content (AvgIpc) is 3.39. The zero-order valence-corrected chi connectivity index (χ0v) is 21.4. The summed E-state index contributed by atoms with van der Waals surface area (Å²) in [4.78, 5) is 7.39. The number of sulfonamides is 1. The van der Waals surface area contributed by atoms with E-state index in [9.17, 15) is 13.5 Å². The number of nitrogens with zero attached hydrogens (tertiary/aromatic N) is 4. The number of β-amino-alcohol motifs (C(OH)–C–C–N with tert-alkyl or cyclic N) is 1. The van der Waals surface area contributed by atoms with E-state index in [0.717, 1.165) is 30.1 Å². The van der Waals surface area contributed by atoms with Crippen LogP contribution in [0.2, 0.25) is 0 Å². The maximum atomic E-state index is 13.4. The first kappa shape index (κ1) is 24.9. The maximum Gasteiger partial charge on any atom is 0.252 e. The number of pyridine rings is 1. The van der Waals surface area contributed by atoms with Crippen LogP contribution in [0.3, 0.4) is 0 Å². The minimum absolute atomic E-state index is 0.162. The molecule has 2 aromatic heterocycles. The molecule has 5 rings (SSSR count). The molecule has 10 heteroatoms. The fraction of sp³-hybridized carbons (Fsp3) is 0.385. The standard InChI is InChI=1S/C26H28N4O4S2/c27-12-19-4-6-23(7-5-19)34-18-22(31)17-29-13-20-11-21(14-29)16-30(15-20)36(32,33)26-9-8-25(35-26)24-3-1-2-10-28-24/h1-10,20-22,31H,11,13-18H2. The molecule has 2 bridgehead atoms. The fourth-order valence-corrected chi connectivity index (χ4v) is 8.12. The topological polar surface area (TPSA) is 107 Å². The first-order valence-corrected chi connectivity index (χ1v) is 14.2. The predicted octanol–water partition coefficient (Wildman–Crippen LogP) is 3.06. The van der Waals surface area contributed by atoms with Gasteiger partial charge in [0.25, 0.3) is 10.0 Å². The first-order chi connectivity index (χ1) is 17.4. The van der Waals surface area contributed by atoms with E-state index in [1.54, 1.807) is 40.8 Å². The van der Waals surface area contributed by atoms with E-state index >= 15 is 0 Å². The smallest absolute Gasteiger partial charge is 0.252 e. The van der Waals surface area contributed by atoms with Crippen LogP contribution < -0.4 is 4.74 Å². The van der Waals surface area contributed by atoms with Gasteiger partial charge in [-0.15, -0.1) is 11.3 Å². The highest BCUT2D eigenvalue weighted by atomic mass is 32.2. The first-order valence-electron chi connectivity index (χ1n) is 12.0. The Balaban J connectivity index is 1.16. The number of thiophene rings is 1. The van der Waals surface area contributed by atoms with Crippen LogP contribution in [0.25, 0.3) is 10.6 Å². The number of nitriles is 1. The summed E-state index contributed by atoms with van der Waals surface area (Å²) in [5, 5.41) is 19.4. The average molecular weight is 525 g/mol. The molecule has 2 fully saturated rings. The lowest BCUT2D eigenvalue weighted by molar-refractivity contribution is 0.0168. The number of rotatable bonds is 8. The second-order valence-corrected chi connectivity index (χ2v) is 12.7. The Hall–Kier alpha value is -2.81. The van der Waals surface area contributed by atoms with E-state index in [1.807, 2.05) is 24.3 Å². The third-order valence-corrected chi connectivity index (χ3v) is 10.0. The molecule has 2 aliphatic heterocycles. The molecule has 2 aliphatic rings. The Bertz CT molecular complexity index is 1310. The molecule has 3 aromatic rings. The molecule has 0 radical (unpaired) electrons. The Morgan fingerprint density at radius 2 is 1.83 bits per heavy atom. The number of fused-ring (bicyclic) bond motifs is 2. The molecule has 3 unspecified atom stereocenters. The van der Waals surface area contributed by atoms with Gasteiger partial charge in [0, 0.05) is 38.9 Å². The van der Waals surface area contributed by atoms with Crippen molar-refractivity contribution < 1.29 is 18.3 Å². The number of aliphatic hydroxyl groups is 1. The molecule has 1 aromatic carbocycles. The molecule has 3 atom stereocenters. The molecule has 2 saturated heterocycles. The van der Waals surface area contributed by atoms with Gasteiger partial charge in [0.2, 0.25) is 0 Å². The van der Waals surface area contributed by atoms with Crippen LogP contribution >= 0.6 is 11.3 Å². The van der Waals surface area contributed by atoms with Gasteiger partial charge in [-0.2, -0.15) is 9.57 Å². The second-order valence-electron chi connectivity index (χ2n) is 9.44. The molecule has 188 valence electrons. The summed E-state index contributed by atoms with van der Waals surface area (Å²) in [6, 6.07) is 18.0. The quantitative estimate of drug-likeness (QED) is 0.483. The van der Waals surface area contributed by atoms with Crippen LogP contribution in [0.1, 0.15) is 12.0 Å². The van der Waals surface area contributed by atoms with Gasteiger partial charge in [-0.25, -0.2) is 8.42 Å². The van der Waals surface area contributed by atoms with Crippen molar-refractivity contribution >= 4 is 21.4 Å². The number of likely N-dealkylation sites (tertiary alicyclic amines) is 1. The van der Waals surface area contributed by atoms with Gasteiger partial charge >= 0.3 is 0 Å². The van der Waals surface area contributed by atoms with Crippen molar-refractivity contribution in [3.8, 4) is 22.4 Å². The van der Waals surface area contributed by atoms with E-state index in [4.69, 9.17) is 10.00 Å². The number of aliphatic hydroxyl groups excluding tert-OH is 1. The normalized spacial score (nSPS) is 21.6. The van der Waals surface area contributed by atoms with E-state index < -0.39 is 16.1 Å². The van der Waals surface area contributed by atoms with Crippen molar-refractivity contribution in [3.05, 3.63) is 66.4 Å². The van der Waals surface area contributed by atoms with E-state index in [0.29, 0.717) is 35.2 Å². The molecular weight excluding hydrogens is 496 g/mol. The van der Waals surface area contributed by atoms with Gasteiger partial charge in [-0.05, 0) is 66.8 Å². The molecule has 4 heterocycles. The van der Waals surface area contributed by atoms with Crippen LogP contribution in [0, 0.1) is 23.2 Å². The van der Waals surface area contributed by atoms with Crippen LogP contribution in [-0.4, -0.2) is 73.1 Å². The largest absolute Gasteiger partial charge is 0.491 e. The third-order valence-electron chi connectivity index (χ3n) is 6.61. The van der Waals surface area contributed by atoms with E-state index in [-0.39, 0.29) is 18.4 Å². The number of benzene rings is 1. The molecule has 0 amide bonds. The SMILES string of the molecule is N#Cc1ccc(OCC(O)CN2CC3CC(C2)CN(S(=O)(=O)c2ccc(-c4ccccn4)s2)C3)cc1. The summed E-state index contributed by atoms with van der Waals surface area (Å²) in [5.74, 6) is 1.08. The summed E-state index contributed by atoms with van der Waals surface area (Å²) < 4.78 is 34.5. The van der Waals surface area contributed by atoms with Crippen LogP contribution in [0.5, 0.6) is 5.75 Å². The summed E-state index contributed by atoms with van der Waals surface area (Å²) in [5.41, 5.74) is 1.34. The van der Waals surface area contributed by atoms with Gasteiger partial charge in [-0.3, -0.25) is 9.88 Å². The Kier molecular flexibility index (Phi) is 7.37. The lowest BCUT2D eigenvalue weighted by Gasteiger charge is -2.45. The van der Waals surface area contributed by atoms with Gasteiger partial charge < -0.3 is 9.84 Å². The lowest BCUT2D eigenvalue weighted by Crippen LogP contribution is -2.55. The van der Waals surface area contributed by atoms with Crippen LogP contribution in [0.4, 0.5) is 0 Å². The number of ether oxygens (including phenoxy) is 1. The van der Waals surface area contributed by atoms with Gasteiger partial charge in [-0.1, -0.05) is 6.07 Å². The zero-order chi connectivity index (χ0) is 25.1. The van der Waals surface area contributed by atoms with Gasteiger partial charge in [0.15, 0.2) is 0 Å². The van der Waals surface area contributed by atoms with E-state index in [1.165, 1.54) is 11.3 Å². The lowest BCUT2D eigenvalue weighted by atomic mass is 9.85. The highest BCUT2D eigenvalue weighted by Crippen LogP contribution is 2.35. The summed E-state index contributed by atoms with van der Waals surface area (Å²) in [6.07, 6.45) is 2.05. The highest BCUT2D eigenvalue weighted by Gasteiger charge is 2.39. The Morgan fingerprint density at radius 3 is 2.50 bits per heavy atom. The van der Waals surface area contributed by atoms with Crippen LogP contribution in [0.15, 0.2) is 65.0 Å². The molecule has 0 aliphatic carbocycles. The van der Waals surface area contributed by atoms with Crippen molar-refractivity contribution in [3.63, 3.8) is 0 Å². The second kappa shape index (κ2) is 10.7. The number of piperidine rings is 2. The Labute approximate surface area is 215 Å². The highest BCUT2D eigenvalue weighted by molar-refractivity contribution is 7.91. The molecule has 0 saturated carbocycles. The molecule has 1 N–H and O–H groups in total. The summed E-state index contributed by atoms with van der Waals surface area (Å²) in [7, 11) is -3.56. The van der Waals surface area contributed by atoms with Crippen LogP contribution in [-0.2, 0) is 10.0 Å². The van der Waals surface area contributed by atoms with Crippen molar-refractivity contribution in [2.24, 2.45) is 11.8 Å². The zero-order valence-electron chi connectivity index (χ0n) is 19.7. The molecule has 36 heavy (non-hydrogen) atoms. The van der Waals surface area contributed by atoms with Crippen molar-refractivity contribution in [1.82, 2.24) is 14.2 Å². The van der Waals surface area contributed by atoms with E-state index in [2.05, 4.69) is 16.0 Å². The maximum absolute atomic E-state index is 13.4. The summed E-state index contributed by atoms with van der Waals surface area (Å²) in [6.45, 7) is 3.12. The number of hydrogen-bond donors (Lipinski definition) is 1. The minimum atomic E-state index is -3.56. The summed E-state index contributed by atoms with van der Waals surface area (Å²) >= 11 is 1.26. The van der Waals surface area contributed by atoms with Crippen molar-refractivity contribution in [1.29, 1.82) is 5.26 Å². The third kappa shape index (κ3) is 5.61. The Morgan fingerprint density at radius 1 is 1.08 bits per heavy atom. The van der Waals surface area contributed by atoms with Crippen molar-refractivity contribution in [2.45, 2.75) is 16.7 Å². The minimum Gasteiger partial charge on any atom is -0.491 e. The number of aromatic nitrogens is 1. The van der Waals surface area contributed by atoms with Gasteiger partial charge in [0.1, 0.15) is 22.7 Å². The fourth-order valence-electron chi connectivity index (χ4n) is 5.09.